The third kappa shape index (κ3) is 2.08. The normalized spacial score (nSPS) is 9.27. The van der Waals surface area contributed by atoms with E-state index in [0.29, 0.717) is 0 Å². The first-order chi connectivity index (χ1) is 7.11. The van der Waals surface area contributed by atoms with Crippen LogP contribution in [0.4, 0.5) is 10.1 Å². The van der Waals surface area contributed by atoms with Crippen LogP contribution in [0.15, 0.2) is 17.1 Å². The minimum absolute atomic E-state index is 0.201. The minimum atomic E-state index is -0.798. The summed E-state index contributed by atoms with van der Waals surface area (Å²) in [5, 5.41) is 0. The first-order valence-corrected chi connectivity index (χ1v) is 4.07. The van der Waals surface area contributed by atoms with Crippen LogP contribution in [0.1, 0.15) is 15.9 Å². The summed E-state index contributed by atoms with van der Waals surface area (Å²) < 4.78 is 17.7. The molecule has 0 saturated heterocycles. The Balaban J connectivity index is 3.42. The Hall–Kier alpha value is -2.00. The molecule has 0 aliphatic carbocycles. The number of esters is 1. The molecule has 78 valence electrons. The molecule has 0 unspecified atom stereocenters. The van der Waals surface area contributed by atoms with Gasteiger partial charge in [0.1, 0.15) is 11.4 Å². The van der Waals surface area contributed by atoms with Gasteiger partial charge >= 0.3 is 5.97 Å². The van der Waals surface area contributed by atoms with Gasteiger partial charge in [-0.2, -0.15) is 4.99 Å². The van der Waals surface area contributed by atoms with E-state index in [-0.39, 0.29) is 16.8 Å². The lowest BCUT2D eigenvalue weighted by Crippen LogP contribution is -2.07. The van der Waals surface area contributed by atoms with Crippen LogP contribution < -0.4 is 0 Å². The van der Waals surface area contributed by atoms with Crippen LogP contribution in [0.3, 0.4) is 0 Å². The monoisotopic (exact) mass is 209 g/mol. The van der Waals surface area contributed by atoms with Crippen LogP contribution in [0.2, 0.25) is 0 Å². The van der Waals surface area contributed by atoms with Crippen molar-refractivity contribution in [2.24, 2.45) is 4.99 Å². The Kier molecular flexibility index (Phi) is 3.31. The van der Waals surface area contributed by atoms with Crippen molar-refractivity contribution in [1.82, 2.24) is 0 Å². The maximum Gasteiger partial charge on any atom is 0.341 e. The van der Waals surface area contributed by atoms with E-state index in [1.807, 2.05) is 0 Å². The molecule has 0 spiro atoms. The number of isocyanates is 1. The van der Waals surface area contributed by atoms with Gasteiger partial charge in [-0.25, -0.2) is 14.0 Å². The summed E-state index contributed by atoms with van der Waals surface area (Å²) in [5.41, 5.74) is 0.242. The van der Waals surface area contributed by atoms with Gasteiger partial charge in [-0.15, -0.1) is 0 Å². The molecule has 1 rings (SSSR count). The van der Waals surface area contributed by atoms with Gasteiger partial charge in [0.25, 0.3) is 0 Å². The number of rotatable bonds is 2. The van der Waals surface area contributed by atoms with Crippen molar-refractivity contribution in [3.8, 4) is 0 Å². The smallest absolute Gasteiger partial charge is 0.341 e. The van der Waals surface area contributed by atoms with Crippen molar-refractivity contribution in [1.29, 1.82) is 0 Å². The third-order valence-corrected chi connectivity index (χ3v) is 1.94. The fourth-order valence-electron chi connectivity index (χ4n) is 1.19. The summed E-state index contributed by atoms with van der Waals surface area (Å²) in [4.78, 5) is 24.6. The largest absolute Gasteiger partial charge is 0.465 e. The quantitative estimate of drug-likeness (QED) is 0.424. The lowest BCUT2D eigenvalue weighted by Gasteiger charge is -2.06. The second kappa shape index (κ2) is 4.48. The predicted molar refractivity (Wildman–Crippen MR) is 50.3 cm³/mol. The molecule has 0 saturated carbocycles. The first-order valence-electron chi connectivity index (χ1n) is 4.07. The average Bonchev–Trinajstić information content (AvgIpc) is 2.22. The van der Waals surface area contributed by atoms with E-state index >= 15 is 0 Å². The van der Waals surface area contributed by atoms with Gasteiger partial charge in [0, 0.05) is 0 Å². The SMILES string of the molecule is COC(=O)c1c(F)ccc(N=C=O)c1C. The maximum atomic E-state index is 13.3. The van der Waals surface area contributed by atoms with Crippen LogP contribution in [-0.4, -0.2) is 19.2 Å². The number of halogens is 1. The second-order valence-electron chi connectivity index (χ2n) is 2.76. The van der Waals surface area contributed by atoms with Gasteiger partial charge in [0.05, 0.1) is 12.8 Å². The summed E-state index contributed by atoms with van der Waals surface area (Å²) in [5.74, 6) is -1.50. The Morgan fingerprint density at radius 1 is 1.53 bits per heavy atom. The first kappa shape index (κ1) is 11.1. The number of hydrogen-bond donors (Lipinski definition) is 0. The number of benzene rings is 1. The van der Waals surface area contributed by atoms with Gasteiger partial charge in [-0.1, -0.05) is 0 Å². The van der Waals surface area contributed by atoms with Crippen LogP contribution in [0.5, 0.6) is 0 Å². The Labute approximate surface area is 85.4 Å². The third-order valence-electron chi connectivity index (χ3n) is 1.94. The standard InChI is InChI=1S/C10H8FNO3/c1-6-8(12-5-13)4-3-7(11)9(6)10(14)15-2/h3-4H,1-2H3. The van der Waals surface area contributed by atoms with E-state index in [9.17, 15) is 14.0 Å². The van der Waals surface area contributed by atoms with E-state index in [2.05, 4.69) is 9.73 Å². The number of carbonyl (C=O) groups is 1. The van der Waals surface area contributed by atoms with Gasteiger partial charge in [0.15, 0.2) is 0 Å². The van der Waals surface area contributed by atoms with Crippen LogP contribution in [0, 0.1) is 12.7 Å². The van der Waals surface area contributed by atoms with Crippen LogP contribution >= 0.6 is 0 Å². The molecule has 0 aliphatic heterocycles. The topological polar surface area (TPSA) is 55.7 Å². The summed E-state index contributed by atoms with van der Waals surface area (Å²) in [6.45, 7) is 1.48. The minimum Gasteiger partial charge on any atom is -0.465 e. The second-order valence-corrected chi connectivity index (χ2v) is 2.76. The number of hydrogen-bond acceptors (Lipinski definition) is 4. The fraction of sp³-hybridized carbons (Fsp3) is 0.200. The van der Waals surface area contributed by atoms with E-state index in [1.54, 1.807) is 0 Å². The van der Waals surface area contributed by atoms with E-state index in [4.69, 9.17) is 0 Å². The Morgan fingerprint density at radius 2 is 2.20 bits per heavy atom. The van der Waals surface area contributed by atoms with Crippen LogP contribution in [0.25, 0.3) is 0 Å². The van der Waals surface area contributed by atoms with Gasteiger partial charge in [-0.05, 0) is 24.6 Å². The molecule has 5 heteroatoms. The zero-order chi connectivity index (χ0) is 11.4. The zero-order valence-electron chi connectivity index (χ0n) is 8.20. The summed E-state index contributed by atoms with van der Waals surface area (Å²) in [7, 11) is 1.15. The molecular formula is C10H8FNO3. The molecular weight excluding hydrogens is 201 g/mol. The number of methoxy groups -OCH3 is 1. The highest BCUT2D eigenvalue weighted by Crippen LogP contribution is 2.24. The van der Waals surface area contributed by atoms with Gasteiger partial charge in [0.2, 0.25) is 6.08 Å². The van der Waals surface area contributed by atoms with E-state index in [0.717, 1.165) is 13.2 Å². The summed E-state index contributed by atoms with van der Waals surface area (Å²) in [6.07, 6.45) is 1.33. The van der Waals surface area contributed by atoms with Crippen molar-refractivity contribution >= 4 is 17.7 Å². The lowest BCUT2D eigenvalue weighted by atomic mass is 10.1. The molecule has 0 aliphatic rings. The van der Waals surface area contributed by atoms with Crippen molar-refractivity contribution in [3.63, 3.8) is 0 Å². The van der Waals surface area contributed by atoms with Gasteiger partial charge in [-0.3, -0.25) is 0 Å². The molecule has 0 fully saturated rings. The number of aliphatic imine (C=N–C) groups is 1. The number of ether oxygens (including phenoxy) is 1. The Morgan fingerprint density at radius 3 is 2.73 bits per heavy atom. The van der Waals surface area contributed by atoms with E-state index < -0.39 is 11.8 Å². The number of carbonyl (C=O) groups excluding carboxylic acids is 2. The van der Waals surface area contributed by atoms with Crippen molar-refractivity contribution in [2.45, 2.75) is 6.92 Å². The molecule has 0 bridgehead atoms. The highest BCUT2D eigenvalue weighted by Gasteiger charge is 2.17. The van der Waals surface area contributed by atoms with Gasteiger partial charge < -0.3 is 4.74 Å². The lowest BCUT2D eigenvalue weighted by molar-refractivity contribution is 0.0594. The molecule has 0 radical (unpaired) electrons. The molecule has 15 heavy (non-hydrogen) atoms. The molecule has 0 aromatic heterocycles. The maximum absolute atomic E-state index is 13.3. The molecule has 0 atom stereocenters. The summed E-state index contributed by atoms with van der Waals surface area (Å²) in [6, 6.07) is 2.34. The molecule has 0 amide bonds. The van der Waals surface area contributed by atoms with Crippen LogP contribution in [-0.2, 0) is 9.53 Å². The highest BCUT2D eigenvalue weighted by atomic mass is 19.1. The van der Waals surface area contributed by atoms with Crippen molar-refractivity contribution in [2.75, 3.05) is 7.11 Å². The van der Waals surface area contributed by atoms with E-state index in [1.165, 1.54) is 19.1 Å². The zero-order valence-corrected chi connectivity index (χ0v) is 8.20. The molecule has 0 N–H and O–H groups in total. The Bertz CT molecular complexity index is 450. The predicted octanol–water partition coefficient (Wildman–Crippen LogP) is 1.89. The average molecular weight is 209 g/mol. The van der Waals surface area contributed by atoms with Crippen molar-refractivity contribution < 1.29 is 18.7 Å². The number of nitrogens with zero attached hydrogens (tertiary/aromatic N) is 1. The van der Waals surface area contributed by atoms with Crippen molar-refractivity contribution in [3.05, 3.63) is 29.1 Å². The highest BCUT2D eigenvalue weighted by molar-refractivity contribution is 5.92. The molecule has 1 aromatic carbocycles. The summed E-state index contributed by atoms with van der Waals surface area (Å²) >= 11 is 0. The molecule has 4 nitrogen and oxygen atoms in total. The fourth-order valence-corrected chi connectivity index (χ4v) is 1.19. The molecule has 1 aromatic rings. The molecule has 0 heterocycles.